The molecule has 5 heteroatoms. The molecule has 1 aliphatic carbocycles. The van der Waals surface area contributed by atoms with E-state index in [0.717, 1.165) is 17.6 Å². The molecule has 1 unspecified atom stereocenters. The summed E-state index contributed by atoms with van der Waals surface area (Å²) < 4.78 is 11.0. The third-order valence-corrected chi connectivity index (χ3v) is 4.40. The van der Waals surface area contributed by atoms with Crippen LogP contribution < -0.4 is 4.74 Å². The largest absolute Gasteiger partial charge is 0.440 e. The van der Waals surface area contributed by atoms with E-state index in [-0.39, 0.29) is 24.0 Å². The fraction of sp³-hybridized carbons (Fsp3) is 0.474. The molecular weight excluding hydrogens is 304 g/mol. The van der Waals surface area contributed by atoms with Gasteiger partial charge in [0.25, 0.3) is 5.91 Å². The van der Waals surface area contributed by atoms with Crippen molar-refractivity contribution in [3.63, 3.8) is 0 Å². The lowest BCUT2D eigenvalue weighted by Crippen LogP contribution is -2.35. The molecule has 0 aliphatic heterocycles. The quantitative estimate of drug-likeness (QED) is 0.832. The van der Waals surface area contributed by atoms with E-state index in [4.69, 9.17) is 9.15 Å². The van der Waals surface area contributed by atoms with Crippen molar-refractivity contribution < 1.29 is 13.9 Å². The second-order valence-electron chi connectivity index (χ2n) is 7.04. The molecular formula is C19H24N2O3. The van der Waals surface area contributed by atoms with Gasteiger partial charge in [0.05, 0.1) is 0 Å². The lowest BCUT2D eigenvalue weighted by Gasteiger charge is -2.25. The van der Waals surface area contributed by atoms with Gasteiger partial charge in [-0.25, -0.2) is 0 Å². The normalized spacial score (nSPS) is 19.3. The Kier molecular flexibility index (Phi) is 4.35. The van der Waals surface area contributed by atoms with Crippen LogP contribution >= 0.6 is 0 Å². The second-order valence-corrected chi connectivity index (χ2v) is 7.04. The topological polar surface area (TPSA) is 55.6 Å². The third-order valence-electron chi connectivity index (χ3n) is 4.40. The van der Waals surface area contributed by atoms with Gasteiger partial charge in [-0.1, -0.05) is 39.0 Å². The van der Waals surface area contributed by atoms with Crippen molar-refractivity contribution >= 4 is 17.0 Å². The molecule has 0 radical (unpaired) electrons. The maximum absolute atomic E-state index is 12.6. The SMILES string of the molecule is CCN(C(=O)COc1nc2ccccc2o1)C1=CC(C)(C)CC1C. The number of likely N-dealkylation sites (N-methyl/N-ethyl adjacent to an activating group) is 1. The zero-order valence-corrected chi connectivity index (χ0v) is 14.7. The minimum Gasteiger partial charge on any atom is -0.440 e. The lowest BCUT2D eigenvalue weighted by atomic mass is 9.91. The monoisotopic (exact) mass is 328 g/mol. The van der Waals surface area contributed by atoms with Crippen molar-refractivity contribution in [2.75, 3.05) is 13.2 Å². The van der Waals surface area contributed by atoms with E-state index in [2.05, 4.69) is 31.8 Å². The number of para-hydroxylation sites is 2. The number of allylic oxidation sites excluding steroid dienone is 2. The summed E-state index contributed by atoms with van der Waals surface area (Å²) in [5.74, 6) is 0.295. The first-order chi connectivity index (χ1) is 11.4. The average Bonchev–Trinajstić information content (AvgIpc) is 3.06. The van der Waals surface area contributed by atoms with E-state index in [1.54, 1.807) is 0 Å². The molecule has 1 aromatic carbocycles. The van der Waals surface area contributed by atoms with E-state index in [9.17, 15) is 4.79 Å². The highest BCUT2D eigenvalue weighted by Gasteiger charge is 2.33. The molecule has 0 fully saturated rings. The van der Waals surface area contributed by atoms with Crippen LogP contribution in [0.5, 0.6) is 6.08 Å². The van der Waals surface area contributed by atoms with Gasteiger partial charge in [-0.05, 0) is 36.8 Å². The molecule has 0 N–H and O–H groups in total. The molecule has 1 aliphatic rings. The standard InChI is InChI=1S/C19H24N2O3/c1-5-21(15-11-19(3,4)10-13(15)2)17(22)12-23-18-20-14-8-6-7-9-16(14)24-18/h6-9,11,13H,5,10,12H2,1-4H3. The number of aromatic nitrogens is 1. The number of carbonyl (C=O) groups is 1. The number of hydrogen-bond acceptors (Lipinski definition) is 4. The Morgan fingerprint density at radius 3 is 2.79 bits per heavy atom. The number of nitrogens with zero attached hydrogens (tertiary/aromatic N) is 2. The van der Waals surface area contributed by atoms with Gasteiger partial charge in [0.15, 0.2) is 12.2 Å². The number of benzene rings is 1. The van der Waals surface area contributed by atoms with Crippen LogP contribution in [-0.2, 0) is 4.79 Å². The Labute approximate surface area is 142 Å². The third kappa shape index (κ3) is 3.30. The molecule has 0 saturated heterocycles. The number of ether oxygens (including phenoxy) is 1. The predicted octanol–water partition coefficient (Wildman–Crippen LogP) is 4.01. The van der Waals surface area contributed by atoms with E-state index in [1.807, 2.05) is 36.1 Å². The van der Waals surface area contributed by atoms with Crippen molar-refractivity contribution in [1.29, 1.82) is 0 Å². The van der Waals surface area contributed by atoms with Crippen molar-refractivity contribution in [3.05, 3.63) is 36.0 Å². The second kappa shape index (κ2) is 6.30. The number of rotatable bonds is 5. The number of carbonyl (C=O) groups excluding carboxylic acids is 1. The summed E-state index contributed by atoms with van der Waals surface area (Å²) in [5.41, 5.74) is 2.60. The van der Waals surface area contributed by atoms with E-state index in [0.29, 0.717) is 18.0 Å². The number of hydrogen-bond donors (Lipinski definition) is 0. The molecule has 0 spiro atoms. The molecule has 1 atom stereocenters. The van der Waals surface area contributed by atoms with Crippen LogP contribution in [0.3, 0.4) is 0 Å². The summed E-state index contributed by atoms with van der Waals surface area (Å²) in [7, 11) is 0. The molecule has 5 nitrogen and oxygen atoms in total. The Bertz CT molecular complexity index is 743. The lowest BCUT2D eigenvalue weighted by molar-refractivity contribution is -0.132. The van der Waals surface area contributed by atoms with E-state index < -0.39 is 0 Å². The molecule has 1 amide bonds. The Morgan fingerprint density at radius 2 is 2.17 bits per heavy atom. The van der Waals surface area contributed by atoms with Gasteiger partial charge in [-0.2, -0.15) is 4.98 Å². The average molecular weight is 328 g/mol. The van der Waals surface area contributed by atoms with E-state index in [1.165, 1.54) is 0 Å². The van der Waals surface area contributed by atoms with Crippen molar-refractivity contribution in [2.24, 2.45) is 11.3 Å². The van der Waals surface area contributed by atoms with Crippen molar-refractivity contribution in [2.45, 2.75) is 34.1 Å². The highest BCUT2D eigenvalue weighted by atomic mass is 16.6. The minimum absolute atomic E-state index is 0.0736. The maximum Gasteiger partial charge on any atom is 0.395 e. The maximum atomic E-state index is 12.6. The van der Waals surface area contributed by atoms with Gasteiger partial charge in [0, 0.05) is 12.2 Å². The number of fused-ring (bicyclic) bond motifs is 1. The van der Waals surface area contributed by atoms with Gasteiger partial charge >= 0.3 is 6.08 Å². The molecule has 1 heterocycles. The summed E-state index contributed by atoms with van der Waals surface area (Å²) in [6.45, 7) is 9.09. The first-order valence-electron chi connectivity index (χ1n) is 8.41. The van der Waals surface area contributed by atoms with Crippen LogP contribution in [0.2, 0.25) is 0 Å². The summed E-state index contributed by atoms with van der Waals surface area (Å²) in [4.78, 5) is 18.6. The van der Waals surface area contributed by atoms with Gasteiger partial charge < -0.3 is 14.1 Å². The van der Waals surface area contributed by atoms with E-state index >= 15 is 0 Å². The first-order valence-corrected chi connectivity index (χ1v) is 8.41. The summed E-state index contributed by atoms with van der Waals surface area (Å²) in [6.07, 6.45) is 3.39. The van der Waals surface area contributed by atoms with Crippen LogP contribution in [0.15, 0.2) is 40.5 Å². The smallest absolute Gasteiger partial charge is 0.395 e. The van der Waals surface area contributed by atoms with Crippen molar-refractivity contribution in [1.82, 2.24) is 9.88 Å². The Balaban J connectivity index is 1.69. The Morgan fingerprint density at radius 1 is 1.42 bits per heavy atom. The molecule has 0 saturated carbocycles. The predicted molar refractivity (Wildman–Crippen MR) is 92.5 cm³/mol. The first kappa shape index (κ1) is 16.6. The summed E-state index contributed by atoms with van der Waals surface area (Å²) >= 11 is 0. The van der Waals surface area contributed by atoms with Gasteiger partial charge in [0.2, 0.25) is 0 Å². The molecule has 1 aromatic heterocycles. The highest BCUT2D eigenvalue weighted by molar-refractivity contribution is 5.80. The van der Waals surface area contributed by atoms with Crippen molar-refractivity contribution in [3.8, 4) is 6.08 Å². The molecule has 0 bridgehead atoms. The van der Waals surface area contributed by atoms with Gasteiger partial charge in [-0.15, -0.1) is 0 Å². The molecule has 128 valence electrons. The minimum atomic E-state index is -0.0782. The van der Waals surface area contributed by atoms with Gasteiger partial charge in [0.1, 0.15) is 5.52 Å². The Hall–Kier alpha value is -2.30. The summed E-state index contributed by atoms with van der Waals surface area (Å²) in [6, 6.07) is 7.42. The van der Waals surface area contributed by atoms with Crippen LogP contribution in [0.4, 0.5) is 0 Å². The molecule has 2 aromatic rings. The van der Waals surface area contributed by atoms with Crippen LogP contribution in [-0.4, -0.2) is 28.9 Å². The fourth-order valence-corrected chi connectivity index (χ4v) is 3.46. The zero-order chi connectivity index (χ0) is 17.3. The number of amides is 1. The number of oxazole rings is 1. The van der Waals surface area contributed by atoms with Gasteiger partial charge in [-0.3, -0.25) is 4.79 Å². The zero-order valence-electron chi connectivity index (χ0n) is 14.7. The highest BCUT2D eigenvalue weighted by Crippen LogP contribution is 2.40. The fourth-order valence-electron chi connectivity index (χ4n) is 3.46. The van der Waals surface area contributed by atoms with Crippen LogP contribution in [0.25, 0.3) is 11.1 Å². The molecule has 24 heavy (non-hydrogen) atoms. The molecule has 3 rings (SSSR count). The summed E-state index contributed by atoms with van der Waals surface area (Å²) in [5, 5.41) is 0. The van der Waals surface area contributed by atoms with Crippen LogP contribution in [0.1, 0.15) is 34.1 Å². The van der Waals surface area contributed by atoms with Crippen LogP contribution in [0, 0.1) is 11.3 Å².